The van der Waals surface area contributed by atoms with Gasteiger partial charge in [-0.05, 0) is 44.0 Å². The van der Waals surface area contributed by atoms with Crippen molar-refractivity contribution >= 4 is 11.6 Å². The normalized spacial score (nSPS) is 14.4. The minimum Gasteiger partial charge on any atom is -0.351 e. The number of carbonyl (C=O) groups excluding carboxylic acids is 1. The van der Waals surface area contributed by atoms with Crippen molar-refractivity contribution in [2.24, 2.45) is 5.84 Å². The molecule has 0 saturated heterocycles. The van der Waals surface area contributed by atoms with Gasteiger partial charge < -0.3 is 10.7 Å². The molecule has 20 heavy (non-hydrogen) atoms. The molecule has 1 aliphatic rings. The van der Waals surface area contributed by atoms with E-state index in [9.17, 15) is 4.79 Å². The second-order valence-electron chi connectivity index (χ2n) is 5.31. The number of nitrogens with one attached hydrogen (secondary N) is 2. The standard InChI is InChI=1S/C15H24N4O/c1-3-19(12-5-6-12)9-8-17-15(20)13-7-4-11(2)10-14(13)18-16/h4,7,10,12,18H,3,5-6,8-9,16H2,1-2H3,(H,17,20). The molecule has 0 radical (unpaired) electrons. The third-order valence-corrected chi connectivity index (χ3v) is 3.73. The van der Waals surface area contributed by atoms with Gasteiger partial charge in [0.15, 0.2) is 0 Å². The number of benzene rings is 1. The number of hydrogen-bond donors (Lipinski definition) is 3. The van der Waals surface area contributed by atoms with Crippen LogP contribution >= 0.6 is 0 Å². The molecule has 0 atom stereocenters. The van der Waals surface area contributed by atoms with Gasteiger partial charge in [-0.2, -0.15) is 0 Å². The summed E-state index contributed by atoms with van der Waals surface area (Å²) in [6.07, 6.45) is 2.59. The van der Waals surface area contributed by atoms with Crippen LogP contribution in [0, 0.1) is 6.92 Å². The van der Waals surface area contributed by atoms with Crippen molar-refractivity contribution in [1.29, 1.82) is 0 Å². The average molecular weight is 276 g/mol. The molecule has 5 heteroatoms. The minimum atomic E-state index is -0.0789. The van der Waals surface area contributed by atoms with Crippen LogP contribution in [0.5, 0.6) is 0 Å². The molecule has 2 rings (SSSR count). The van der Waals surface area contributed by atoms with Gasteiger partial charge in [0, 0.05) is 19.1 Å². The summed E-state index contributed by atoms with van der Waals surface area (Å²) >= 11 is 0. The molecule has 0 aliphatic heterocycles. The van der Waals surface area contributed by atoms with Crippen molar-refractivity contribution in [3.8, 4) is 0 Å². The number of carbonyl (C=O) groups is 1. The Morgan fingerprint density at radius 2 is 2.20 bits per heavy atom. The van der Waals surface area contributed by atoms with Gasteiger partial charge in [-0.1, -0.05) is 13.0 Å². The van der Waals surface area contributed by atoms with Crippen LogP contribution in [0.1, 0.15) is 35.7 Å². The fraction of sp³-hybridized carbons (Fsp3) is 0.533. The van der Waals surface area contributed by atoms with Crippen LogP contribution in [0.3, 0.4) is 0 Å². The van der Waals surface area contributed by atoms with Gasteiger partial charge in [0.25, 0.3) is 5.91 Å². The largest absolute Gasteiger partial charge is 0.351 e. The first-order valence-corrected chi connectivity index (χ1v) is 7.25. The van der Waals surface area contributed by atoms with Crippen LogP contribution in [0.4, 0.5) is 5.69 Å². The van der Waals surface area contributed by atoms with E-state index < -0.39 is 0 Å². The molecule has 110 valence electrons. The lowest BCUT2D eigenvalue weighted by atomic mass is 10.1. The summed E-state index contributed by atoms with van der Waals surface area (Å²) in [6, 6.07) is 6.33. The first kappa shape index (κ1) is 14.8. The lowest BCUT2D eigenvalue weighted by molar-refractivity contribution is 0.0948. The Hall–Kier alpha value is -1.59. The maximum atomic E-state index is 12.2. The summed E-state index contributed by atoms with van der Waals surface area (Å²) in [5.74, 6) is 5.39. The molecule has 0 heterocycles. The molecule has 4 N–H and O–H groups in total. The van der Waals surface area contributed by atoms with E-state index in [4.69, 9.17) is 5.84 Å². The number of nitrogen functional groups attached to an aromatic ring is 1. The summed E-state index contributed by atoms with van der Waals surface area (Å²) in [5.41, 5.74) is 4.91. The van der Waals surface area contributed by atoms with Crippen LogP contribution < -0.4 is 16.6 Å². The zero-order chi connectivity index (χ0) is 14.5. The molecule has 1 aliphatic carbocycles. The number of hydrazine groups is 1. The third kappa shape index (κ3) is 3.71. The molecule has 1 fully saturated rings. The van der Waals surface area contributed by atoms with Gasteiger partial charge in [-0.3, -0.25) is 15.5 Å². The fourth-order valence-corrected chi connectivity index (χ4v) is 2.42. The van der Waals surface area contributed by atoms with E-state index in [2.05, 4.69) is 22.6 Å². The van der Waals surface area contributed by atoms with E-state index in [1.807, 2.05) is 19.1 Å². The Morgan fingerprint density at radius 3 is 2.80 bits per heavy atom. The number of anilines is 1. The first-order valence-electron chi connectivity index (χ1n) is 7.25. The molecule has 0 unspecified atom stereocenters. The molecule has 0 spiro atoms. The molecule has 0 bridgehead atoms. The van der Waals surface area contributed by atoms with Crippen molar-refractivity contribution in [3.63, 3.8) is 0 Å². The van der Waals surface area contributed by atoms with E-state index >= 15 is 0 Å². The van der Waals surface area contributed by atoms with Gasteiger partial charge >= 0.3 is 0 Å². The summed E-state index contributed by atoms with van der Waals surface area (Å²) in [4.78, 5) is 14.6. The highest BCUT2D eigenvalue weighted by molar-refractivity contribution is 5.99. The fourth-order valence-electron chi connectivity index (χ4n) is 2.42. The van der Waals surface area contributed by atoms with Crippen LogP contribution in [-0.2, 0) is 0 Å². The number of amides is 1. The number of nitrogens with two attached hydrogens (primary N) is 1. The molecular formula is C15H24N4O. The molecule has 1 amide bonds. The third-order valence-electron chi connectivity index (χ3n) is 3.73. The van der Waals surface area contributed by atoms with Crippen molar-refractivity contribution in [2.45, 2.75) is 32.7 Å². The van der Waals surface area contributed by atoms with Gasteiger partial charge in [0.05, 0.1) is 11.3 Å². The highest BCUT2D eigenvalue weighted by Crippen LogP contribution is 2.25. The zero-order valence-electron chi connectivity index (χ0n) is 12.3. The SMILES string of the molecule is CCN(CCNC(=O)c1ccc(C)cc1NN)C1CC1. The van der Waals surface area contributed by atoms with Crippen molar-refractivity contribution in [3.05, 3.63) is 29.3 Å². The second-order valence-corrected chi connectivity index (χ2v) is 5.31. The van der Waals surface area contributed by atoms with Gasteiger partial charge in [-0.15, -0.1) is 0 Å². The van der Waals surface area contributed by atoms with Crippen LogP contribution in [0.2, 0.25) is 0 Å². The zero-order valence-corrected chi connectivity index (χ0v) is 12.3. The maximum absolute atomic E-state index is 12.2. The predicted molar refractivity (Wildman–Crippen MR) is 81.6 cm³/mol. The summed E-state index contributed by atoms with van der Waals surface area (Å²) < 4.78 is 0. The minimum absolute atomic E-state index is 0.0789. The molecule has 5 nitrogen and oxygen atoms in total. The quantitative estimate of drug-likeness (QED) is 0.521. The van der Waals surface area contributed by atoms with Crippen molar-refractivity contribution < 1.29 is 4.79 Å². The topological polar surface area (TPSA) is 70.4 Å². The number of likely N-dealkylation sites (N-methyl/N-ethyl adjacent to an activating group) is 1. The number of nitrogens with zero attached hydrogens (tertiary/aromatic N) is 1. The molecule has 0 aromatic heterocycles. The van der Waals surface area contributed by atoms with Crippen LogP contribution in [0.25, 0.3) is 0 Å². The second kappa shape index (κ2) is 6.72. The average Bonchev–Trinajstić information content (AvgIpc) is 3.27. The van der Waals surface area contributed by atoms with E-state index in [-0.39, 0.29) is 5.91 Å². The van der Waals surface area contributed by atoms with Gasteiger partial charge in [0.2, 0.25) is 0 Å². The van der Waals surface area contributed by atoms with Gasteiger partial charge in [0.1, 0.15) is 0 Å². The Kier molecular flexibility index (Phi) is 4.98. The molecule has 1 aromatic carbocycles. The van der Waals surface area contributed by atoms with E-state index in [1.165, 1.54) is 12.8 Å². The van der Waals surface area contributed by atoms with Gasteiger partial charge in [-0.25, -0.2) is 0 Å². The maximum Gasteiger partial charge on any atom is 0.253 e. The Morgan fingerprint density at radius 1 is 1.45 bits per heavy atom. The molecule has 1 aromatic rings. The van der Waals surface area contributed by atoms with Crippen molar-refractivity contribution in [1.82, 2.24) is 10.2 Å². The Bertz CT molecular complexity index is 471. The van der Waals surface area contributed by atoms with E-state index in [1.54, 1.807) is 6.07 Å². The Labute approximate surface area is 120 Å². The first-order chi connectivity index (χ1) is 9.65. The van der Waals surface area contributed by atoms with E-state index in [0.717, 1.165) is 24.7 Å². The highest BCUT2D eigenvalue weighted by Gasteiger charge is 2.27. The molecule has 1 saturated carbocycles. The van der Waals surface area contributed by atoms with Crippen LogP contribution in [-0.4, -0.2) is 36.5 Å². The Balaban J connectivity index is 1.88. The van der Waals surface area contributed by atoms with E-state index in [0.29, 0.717) is 17.8 Å². The lowest BCUT2D eigenvalue weighted by Crippen LogP contribution is -2.36. The summed E-state index contributed by atoms with van der Waals surface area (Å²) in [5, 5.41) is 2.96. The predicted octanol–water partition coefficient (Wildman–Crippen LogP) is 1.49. The summed E-state index contributed by atoms with van der Waals surface area (Å²) in [6.45, 7) is 6.75. The number of aryl methyl sites for hydroxylation is 1. The lowest BCUT2D eigenvalue weighted by Gasteiger charge is -2.20. The monoisotopic (exact) mass is 276 g/mol. The summed E-state index contributed by atoms with van der Waals surface area (Å²) in [7, 11) is 0. The van der Waals surface area contributed by atoms with Crippen LogP contribution in [0.15, 0.2) is 18.2 Å². The highest BCUT2D eigenvalue weighted by atomic mass is 16.1. The number of rotatable bonds is 7. The smallest absolute Gasteiger partial charge is 0.253 e. The molecular weight excluding hydrogens is 252 g/mol. The van der Waals surface area contributed by atoms with Crippen molar-refractivity contribution in [2.75, 3.05) is 25.1 Å². The number of hydrogen-bond acceptors (Lipinski definition) is 4.